The first-order valence-electron chi connectivity index (χ1n) is 5.74. The predicted molar refractivity (Wildman–Crippen MR) is 63.3 cm³/mol. The van der Waals surface area contributed by atoms with Crippen molar-refractivity contribution < 1.29 is 9.53 Å². The lowest BCUT2D eigenvalue weighted by molar-refractivity contribution is -0.138. The van der Waals surface area contributed by atoms with E-state index in [9.17, 15) is 4.79 Å². The van der Waals surface area contributed by atoms with Crippen LogP contribution < -0.4 is 5.32 Å². The number of ether oxygens (including phenoxy) is 1. The third-order valence-corrected chi connectivity index (χ3v) is 2.84. The zero-order valence-electron chi connectivity index (χ0n) is 9.93. The minimum Gasteiger partial charge on any atom is -0.366 e. The maximum Gasteiger partial charge on any atom is 0.250 e. The Kier molecular flexibility index (Phi) is 4.06. The molecular weight excluding hydrogens is 218 g/mol. The third kappa shape index (κ3) is 3.25. The Morgan fingerprint density at radius 3 is 3.06 bits per heavy atom. The molecule has 2 heterocycles. The van der Waals surface area contributed by atoms with Gasteiger partial charge in [-0.3, -0.25) is 14.7 Å². The van der Waals surface area contributed by atoms with Crippen molar-refractivity contribution >= 4 is 5.91 Å². The average Bonchev–Trinajstić information content (AvgIpc) is 2.39. The molecule has 2 rings (SSSR count). The summed E-state index contributed by atoms with van der Waals surface area (Å²) in [6.07, 6.45) is 3.22. The normalized spacial score (nSPS) is 21.1. The van der Waals surface area contributed by atoms with Crippen LogP contribution in [0.4, 0.5) is 0 Å². The second-order valence-electron chi connectivity index (χ2n) is 4.06. The first-order chi connectivity index (χ1) is 8.29. The Morgan fingerprint density at radius 1 is 1.59 bits per heavy atom. The summed E-state index contributed by atoms with van der Waals surface area (Å²) in [6, 6.07) is 3.98. The number of rotatable bonds is 3. The predicted octanol–water partition coefficient (Wildman–Crippen LogP) is 0.0284. The fraction of sp³-hybridized carbons (Fsp3) is 0.500. The van der Waals surface area contributed by atoms with Crippen LogP contribution in [0.5, 0.6) is 0 Å². The van der Waals surface area contributed by atoms with E-state index in [1.807, 2.05) is 12.1 Å². The molecule has 92 valence electrons. The summed E-state index contributed by atoms with van der Waals surface area (Å²) >= 11 is 0. The van der Waals surface area contributed by atoms with Gasteiger partial charge in [0.05, 0.1) is 6.61 Å². The lowest BCUT2D eigenvalue weighted by Gasteiger charge is -2.31. The van der Waals surface area contributed by atoms with Crippen LogP contribution in [0.1, 0.15) is 5.56 Å². The SMILES string of the molecule is CNC(=O)[C@@H]1CN(Cc2ccncc2)CCO1. The van der Waals surface area contributed by atoms with Crippen LogP contribution in [-0.4, -0.2) is 48.6 Å². The summed E-state index contributed by atoms with van der Waals surface area (Å²) < 4.78 is 5.43. The zero-order chi connectivity index (χ0) is 12.1. The van der Waals surface area contributed by atoms with Crippen molar-refractivity contribution in [3.8, 4) is 0 Å². The van der Waals surface area contributed by atoms with Crippen molar-refractivity contribution in [2.45, 2.75) is 12.6 Å². The van der Waals surface area contributed by atoms with Gasteiger partial charge in [-0.1, -0.05) is 0 Å². The van der Waals surface area contributed by atoms with Crippen molar-refractivity contribution in [1.82, 2.24) is 15.2 Å². The maximum atomic E-state index is 11.5. The van der Waals surface area contributed by atoms with Gasteiger partial charge in [0.25, 0.3) is 0 Å². The zero-order valence-corrected chi connectivity index (χ0v) is 9.93. The fourth-order valence-corrected chi connectivity index (χ4v) is 1.91. The fourth-order valence-electron chi connectivity index (χ4n) is 1.91. The first kappa shape index (κ1) is 12.0. The number of amides is 1. The van der Waals surface area contributed by atoms with Crippen LogP contribution in [-0.2, 0) is 16.1 Å². The molecule has 0 aromatic carbocycles. The Balaban J connectivity index is 1.92. The number of nitrogens with zero attached hydrogens (tertiary/aromatic N) is 2. The molecule has 1 aliphatic rings. The number of hydrogen-bond acceptors (Lipinski definition) is 4. The summed E-state index contributed by atoms with van der Waals surface area (Å²) in [5, 5.41) is 2.62. The number of carbonyl (C=O) groups excluding carboxylic acids is 1. The van der Waals surface area contributed by atoms with Crippen LogP contribution in [0, 0.1) is 0 Å². The molecule has 5 nitrogen and oxygen atoms in total. The first-order valence-corrected chi connectivity index (χ1v) is 5.74. The number of hydrogen-bond donors (Lipinski definition) is 1. The largest absolute Gasteiger partial charge is 0.366 e. The number of likely N-dealkylation sites (N-methyl/N-ethyl adjacent to an activating group) is 1. The van der Waals surface area contributed by atoms with Gasteiger partial charge >= 0.3 is 0 Å². The highest BCUT2D eigenvalue weighted by Crippen LogP contribution is 2.09. The van der Waals surface area contributed by atoms with Gasteiger partial charge in [0.15, 0.2) is 0 Å². The van der Waals surface area contributed by atoms with E-state index in [2.05, 4.69) is 15.2 Å². The average molecular weight is 235 g/mol. The number of carbonyl (C=O) groups is 1. The number of nitrogens with one attached hydrogen (secondary N) is 1. The second-order valence-corrected chi connectivity index (χ2v) is 4.06. The molecule has 1 aromatic rings. The smallest absolute Gasteiger partial charge is 0.250 e. The van der Waals surface area contributed by atoms with Crippen LogP contribution in [0.2, 0.25) is 0 Å². The molecule has 0 spiro atoms. The topological polar surface area (TPSA) is 54.5 Å². The molecule has 17 heavy (non-hydrogen) atoms. The highest BCUT2D eigenvalue weighted by atomic mass is 16.5. The molecule has 1 N–H and O–H groups in total. The Bertz CT molecular complexity index is 369. The molecule has 0 unspecified atom stereocenters. The Labute approximate surface area is 101 Å². The quantitative estimate of drug-likeness (QED) is 0.803. The van der Waals surface area contributed by atoms with Crippen molar-refractivity contribution in [3.63, 3.8) is 0 Å². The summed E-state index contributed by atoms with van der Waals surface area (Å²) in [7, 11) is 1.63. The Hall–Kier alpha value is -1.46. The molecular formula is C12H17N3O2. The molecule has 1 aromatic heterocycles. The van der Waals surface area contributed by atoms with Gasteiger partial charge < -0.3 is 10.1 Å². The third-order valence-electron chi connectivity index (χ3n) is 2.84. The van der Waals surface area contributed by atoms with E-state index in [1.54, 1.807) is 19.4 Å². The van der Waals surface area contributed by atoms with E-state index in [-0.39, 0.29) is 12.0 Å². The molecule has 1 atom stereocenters. The van der Waals surface area contributed by atoms with Crippen molar-refractivity contribution in [2.75, 3.05) is 26.7 Å². The van der Waals surface area contributed by atoms with E-state index in [1.165, 1.54) is 5.56 Å². The number of aromatic nitrogens is 1. The van der Waals surface area contributed by atoms with Gasteiger partial charge in [-0.25, -0.2) is 0 Å². The summed E-state index contributed by atoms with van der Waals surface area (Å²) in [4.78, 5) is 17.7. The minimum atomic E-state index is -0.351. The van der Waals surface area contributed by atoms with Crippen LogP contribution in [0.15, 0.2) is 24.5 Å². The minimum absolute atomic E-state index is 0.0515. The summed E-state index contributed by atoms with van der Waals surface area (Å²) in [5.41, 5.74) is 1.21. The van der Waals surface area contributed by atoms with E-state index in [4.69, 9.17) is 4.74 Å². The highest BCUT2D eigenvalue weighted by Gasteiger charge is 2.25. The molecule has 0 aliphatic carbocycles. The van der Waals surface area contributed by atoms with E-state index >= 15 is 0 Å². The monoisotopic (exact) mass is 235 g/mol. The van der Waals surface area contributed by atoms with Gasteiger partial charge in [-0.2, -0.15) is 0 Å². The molecule has 0 bridgehead atoms. The van der Waals surface area contributed by atoms with Crippen LogP contribution in [0.3, 0.4) is 0 Å². The van der Waals surface area contributed by atoms with E-state index in [0.29, 0.717) is 13.2 Å². The van der Waals surface area contributed by atoms with Crippen LogP contribution >= 0.6 is 0 Å². The molecule has 0 radical (unpaired) electrons. The molecule has 1 amide bonds. The standard InChI is InChI=1S/C12H17N3O2/c1-13-12(16)11-9-15(6-7-17-11)8-10-2-4-14-5-3-10/h2-5,11H,6-9H2,1H3,(H,13,16)/t11-/m0/s1. The summed E-state index contributed by atoms with van der Waals surface area (Å²) in [5.74, 6) is -0.0515. The van der Waals surface area contributed by atoms with E-state index < -0.39 is 0 Å². The maximum absolute atomic E-state index is 11.5. The van der Waals surface area contributed by atoms with Gasteiger partial charge in [0.2, 0.25) is 5.91 Å². The van der Waals surface area contributed by atoms with Gasteiger partial charge in [-0.15, -0.1) is 0 Å². The van der Waals surface area contributed by atoms with E-state index in [0.717, 1.165) is 13.1 Å². The van der Waals surface area contributed by atoms with Gasteiger partial charge in [-0.05, 0) is 17.7 Å². The van der Waals surface area contributed by atoms with Gasteiger partial charge in [0.1, 0.15) is 6.10 Å². The van der Waals surface area contributed by atoms with Crippen molar-refractivity contribution in [2.24, 2.45) is 0 Å². The molecule has 1 fully saturated rings. The highest BCUT2D eigenvalue weighted by molar-refractivity contribution is 5.80. The number of pyridine rings is 1. The molecule has 1 saturated heterocycles. The summed E-state index contributed by atoms with van der Waals surface area (Å²) in [6.45, 7) is 2.93. The van der Waals surface area contributed by atoms with Gasteiger partial charge in [0, 0.05) is 39.1 Å². The van der Waals surface area contributed by atoms with Crippen LogP contribution in [0.25, 0.3) is 0 Å². The van der Waals surface area contributed by atoms with Crippen molar-refractivity contribution in [3.05, 3.63) is 30.1 Å². The lowest BCUT2D eigenvalue weighted by atomic mass is 10.2. The second kappa shape index (κ2) is 5.75. The molecule has 0 saturated carbocycles. The Morgan fingerprint density at radius 2 is 2.35 bits per heavy atom. The van der Waals surface area contributed by atoms with Crippen molar-refractivity contribution in [1.29, 1.82) is 0 Å². The number of morpholine rings is 1. The lowest BCUT2D eigenvalue weighted by Crippen LogP contribution is -2.48. The molecule has 1 aliphatic heterocycles. The molecule has 5 heteroatoms.